The van der Waals surface area contributed by atoms with Crippen LogP contribution in [0.4, 0.5) is 0 Å². The Labute approximate surface area is 130 Å². The van der Waals surface area contributed by atoms with Crippen LogP contribution in [0.25, 0.3) is 0 Å². The minimum atomic E-state index is 0.0179. The van der Waals surface area contributed by atoms with Gasteiger partial charge in [-0.05, 0) is 61.9 Å². The predicted molar refractivity (Wildman–Crippen MR) is 90.2 cm³/mol. The number of nitrogens with two attached hydrogens (primary N) is 1. The summed E-state index contributed by atoms with van der Waals surface area (Å²) in [5, 5.41) is 0. The fraction of sp³-hybridized carbons (Fsp3) is 0.333. The van der Waals surface area contributed by atoms with Gasteiger partial charge < -0.3 is 5.73 Å². The average molecular weight is 332 g/mol. The predicted octanol–water partition coefficient (Wildman–Crippen LogP) is 4.93. The summed E-state index contributed by atoms with van der Waals surface area (Å²) in [6, 6.07) is 10.8. The van der Waals surface area contributed by atoms with Gasteiger partial charge in [0.1, 0.15) is 0 Å². The van der Waals surface area contributed by atoms with Gasteiger partial charge in [-0.15, -0.1) is 0 Å². The van der Waals surface area contributed by atoms with Crippen molar-refractivity contribution in [2.45, 2.75) is 40.2 Å². The van der Waals surface area contributed by atoms with Crippen molar-refractivity contribution in [2.75, 3.05) is 0 Å². The van der Waals surface area contributed by atoms with Crippen molar-refractivity contribution >= 4 is 15.9 Å². The molecule has 0 saturated heterocycles. The molecular weight excluding hydrogens is 310 g/mol. The molecule has 0 aliphatic carbocycles. The van der Waals surface area contributed by atoms with Crippen LogP contribution in [0.2, 0.25) is 0 Å². The first-order valence-electron chi connectivity index (χ1n) is 6.97. The Balaban J connectivity index is 2.33. The lowest BCUT2D eigenvalue weighted by Gasteiger charge is -2.18. The zero-order chi connectivity index (χ0) is 14.9. The number of halogens is 1. The third-order valence-electron chi connectivity index (χ3n) is 3.89. The number of benzene rings is 2. The number of rotatable bonds is 3. The first-order chi connectivity index (χ1) is 9.40. The summed E-state index contributed by atoms with van der Waals surface area (Å²) < 4.78 is 1.13. The topological polar surface area (TPSA) is 26.0 Å². The van der Waals surface area contributed by atoms with Crippen LogP contribution < -0.4 is 5.73 Å². The second-order valence-electron chi connectivity index (χ2n) is 5.67. The molecule has 0 amide bonds. The van der Waals surface area contributed by atoms with E-state index in [2.05, 4.69) is 74.0 Å². The fourth-order valence-electron chi connectivity index (χ4n) is 2.82. The van der Waals surface area contributed by atoms with Gasteiger partial charge in [-0.25, -0.2) is 0 Å². The molecule has 0 heterocycles. The Morgan fingerprint density at radius 3 is 2.20 bits per heavy atom. The lowest BCUT2D eigenvalue weighted by Crippen LogP contribution is -2.15. The highest BCUT2D eigenvalue weighted by Crippen LogP contribution is 2.29. The second-order valence-corrected chi connectivity index (χ2v) is 6.46. The van der Waals surface area contributed by atoms with Crippen molar-refractivity contribution in [3.63, 3.8) is 0 Å². The lowest BCUT2D eigenvalue weighted by atomic mass is 9.91. The van der Waals surface area contributed by atoms with Crippen molar-refractivity contribution in [1.29, 1.82) is 0 Å². The molecule has 0 aromatic heterocycles. The van der Waals surface area contributed by atoms with Gasteiger partial charge in [0, 0.05) is 10.5 Å². The molecular formula is C18H22BrN. The van der Waals surface area contributed by atoms with Crippen LogP contribution in [0, 0.1) is 27.7 Å². The third kappa shape index (κ3) is 3.13. The molecule has 2 rings (SSSR count). The molecule has 0 fully saturated rings. The fourth-order valence-corrected chi connectivity index (χ4v) is 3.38. The first-order valence-corrected chi connectivity index (χ1v) is 7.76. The molecule has 1 nitrogen and oxygen atoms in total. The summed E-state index contributed by atoms with van der Waals surface area (Å²) in [6.45, 7) is 8.59. The number of hydrogen-bond acceptors (Lipinski definition) is 1. The highest BCUT2D eigenvalue weighted by Gasteiger charge is 2.14. The highest BCUT2D eigenvalue weighted by molar-refractivity contribution is 9.10. The molecule has 106 valence electrons. The van der Waals surface area contributed by atoms with E-state index in [0.717, 1.165) is 10.9 Å². The number of aryl methyl sites for hydroxylation is 4. The molecule has 2 aromatic rings. The van der Waals surface area contributed by atoms with Crippen LogP contribution in [-0.2, 0) is 6.42 Å². The van der Waals surface area contributed by atoms with E-state index in [1.54, 1.807) is 0 Å². The maximum absolute atomic E-state index is 6.44. The van der Waals surface area contributed by atoms with E-state index in [1.165, 1.54) is 33.4 Å². The van der Waals surface area contributed by atoms with Crippen molar-refractivity contribution in [1.82, 2.24) is 0 Å². The minimum absolute atomic E-state index is 0.0179. The first kappa shape index (κ1) is 15.3. The quantitative estimate of drug-likeness (QED) is 0.848. The molecule has 0 spiro atoms. The van der Waals surface area contributed by atoms with Crippen LogP contribution in [-0.4, -0.2) is 0 Å². The van der Waals surface area contributed by atoms with E-state index < -0.39 is 0 Å². The molecule has 0 radical (unpaired) electrons. The third-order valence-corrected chi connectivity index (χ3v) is 4.97. The van der Waals surface area contributed by atoms with Crippen molar-refractivity contribution < 1.29 is 0 Å². The standard InChI is InChI=1S/C18H22BrN/c1-11-8-13(3)16(14(4)9-11)10-17(20)15-7-5-6-12(2)18(15)19/h5-9,17H,10,20H2,1-4H3. The van der Waals surface area contributed by atoms with Gasteiger partial charge in [0.25, 0.3) is 0 Å². The Bertz CT molecular complexity index is 608. The van der Waals surface area contributed by atoms with Crippen LogP contribution in [0.1, 0.15) is 39.4 Å². The highest BCUT2D eigenvalue weighted by atomic mass is 79.9. The Morgan fingerprint density at radius 2 is 1.60 bits per heavy atom. The van der Waals surface area contributed by atoms with E-state index in [9.17, 15) is 0 Å². The Kier molecular flexibility index (Phi) is 4.66. The van der Waals surface area contributed by atoms with Crippen LogP contribution in [0.5, 0.6) is 0 Å². The summed E-state index contributed by atoms with van der Waals surface area (Å²) in [5.41, 5.74) is 14.2. The molecule has 1 atom stereocenters. The summed E-state index contributed by atoms with van der Waals surface area (Å²) in [4.78, 5) is 0. The van der Waals surface area contributed by atoms with E-state index in [1.807, 2.05) is 0 Å². The van der Waals surface area contributed by atoms with Crippen molar-refractivity contribution in [2.24, 2.45) is 5.73 Å². The molecule has 0 saturated carbocycles. The Hall–Kier alpha value is -1.12. The molecule has 2 heteroatoms. The minimum Gasteiger partial charge on any atom is -0.324 e. The molecule has 0 bridgehead atoms. The summed E-state index contributed by atoms with van der Waals surface area (Å²) in [5.74, 6) is 0. The number of hydrogen-bond donors (Lipinski definition) is 1. The smallest absolute Gasteiger partial charge is 0.0347 e. The summed E-state index contributed by atoms with van der Waals surface area (Å²) >= 11 is 3.66. The van der Waals surface area contributed by atoms with Crippen LogP contribution >= 0.6 is 15.9 Å². The molecule has 1 unspecified atom stereocenters. The van der Waals surface area contributed by atoms with Crippen molar-refractivity contribution in [3.8, 4) is 0 Å². The maximum atomic E-state index is 6.44. The van der Waals surface area contributed by atoms with Gasteiger partial charge in [-0.3, -0.25) is 0 Å². The molecule has 2 aromatic carbocycles. The maximum Gasteiger partial charge on any atom is 0.0347 e. The monoisotopic (exact) mass is 331 g/mol. The average Bonchev–Trinajstić information content (AvgIpc) is 2.36. The molecule has 0 aliphatic heterocycles. The molecule has 0 aliphatic rings. The van der Waals surface area contributed by atoms with Crippen LogP contribution in [0.3, 0.4) is 0 Å². The van der Waals surface area contributed by atoms with Gasteiger partial charge in [-0.2, -0.15) is 0 Å². The van der Waals surface area contributed by atoms with E-state index in [0.29, 0.717) is 0 Å². The van der Waals surface area contributed by atoms with Gasteiger partial charge >= 0.3 is 0 Å². The second kappa shape index (κ2) is 6.11. The summed E-state index contributed by atoms with van der Waals surface area (Å²) in [7, 11) is 0. The Morgan fingerprint density at radius 1 is 1.00 bits per heavy atom. The molecule has 20 heavy (non-hydrogen) atoms. The van der Waals surface area contributed by atoms with Gasteiger partial charge in [0.05, 0.1) is 0 Å². The zero-order valence-corrected chi connectivity index (χ0v) is 14.2. The lowest BCUT2D eigenvalue weighted by molar-refractivity contribution is 0.711. The largest absolute Gasteiger partial charge is 0.324 e. The van der Waals surface area contributed by atoms with Gasteiger partial charge in [0.15, 0.2) is 0 Å². The molecule has 2 N–H and O–H groups in total. The SMILES string of the molecule is Cc1cc(C)c(CC(N)c2cccc(C)c2Br)c(C)c1. The van der Waals surface area contributed by atoms with Gasteiger partial charge in [-0.1, -0.05) is 51.8 Å². The van der Waals surface area contributed by atoms with Crippen LogP contribution in [0.15, 0.2) is 34.8 Å². The van der Waals surface area contributed by atoms with Gasteiger partial charge in [0.2, 0.25) is 0 Å². The van der Waals surface area contributed by atoms with Crippen molar-refractivity contribution in [3.05, 3.63) is 68.2 Å². The summed E-state index contributed by atoms with van der Waals surface area (Å²) in [6.07, 6.45) is 0.875. The van der Waals surface area contributed by atoms with E-state index >= 15 is 0 Å². The normalized spacial score (nSPS) is 12.5. The van der Waals surface area contributed by atoms with E-state index in [4.69, 9.17) is 5.73 Å². The van der Waals surface area contributed by atoms with E-state index in [-0.39, 0.29) is 6.04 Å². The zero-order valence-electron chi connectivity index (χ0n) is 12.6.